The normalized spacial score (nSPS) is 11.9. The van der Waals surface area contributed by atoms with Gasteiger partial charge in [-0.3, -0.25) is 9.89 Å². The van der Waals surface area contributed by atoms with Gasteiger partial charge in [-0.1, -0.05) is 5.16 Å². The first-order chi connectivity index (χ1) is 10.8. The largest absolute Gasteiger partial charge is 0.361 e. The van der Waals surface area contributed by atoms with Crippen LogP contribution in [0.2, 0.25) is 0 Å². The van der Waals surface area contributed by atoms with Crippen molar-refractivity contribution in [3.8, 4) is 0 Å². The molecule has 6 heteroatoms. The van der Waals surface area contributed by atoms with Gasteiger partial charge in [-0.25, -0.2) is 0 Å². The predicted molar refractivity (Wildman–Crippen MR) is 87.3 cm³/mol. The third kappa shape index (κ3) is 2.60. The molecule has 0 saturated carbocycles. The molecule has 3 rings (SSSR count). The Balaban J connectivity index is 1.99. The monoisotopic (exact) mass is 312 g/mol. The Hall–Kier alpha value is -2.63. The van der Waals surface area contributed by atoms with Crippen LogP contribution < -0.4 is 5.32 Å². The Bertz CT molecular complexity index is 870. The van der Waals surface area contributed by atoms with Crippen LogP contribution in [0.4, 0.5) is 0 Å². The smallest absolute Gasteiger partial charge is 0.254 e. The van der Waals surface area contributed by atoms with Crippen molar-refractivity contribution < 1.29 is 9.32 Å². The quantitative estimate of drug-likeness (QED) is 0.778. The van der Waals surface area contributed by atoms with Crippen molar-refractivity contribution in [2.75, 3.05) is 0 Å². The molecule has 1 aromatic carbocycles. The minimum Gasteiger partial charge on any atom is -0.361 e. The molecule has 2 aromatic heterocycles. The number of amides is 1. The minimum absolute atomic E-state index is 0.159. The summed E-state index contributed by atoms with van der Waals surface area (Å²) in [5.74, 6) is 0.552. The molecule has 2 N–H and O–H groups in total. The maximum Gasteiger partial charge on any atom is 0.254 e. The number of rotatable bonds is 3. The molecule has 0 atom stereocenters. The maximum atomic E-state index is 12.8. The lowest BCUT2D eigenvalue weighted by Crippen LogP contribution is -2.41. The molecule has 23 heavy (non-hydrogen) atoms. The highest BCUT2D eigenvalue weighted by atomic mass is 16.5. The molecule has 0 aliphatic rings. The number of fused-ring (bicyclic) bond motifs is 1. The van der Waals surface area contributed by atoms with E-state index < -0.39 is 5.54 Å². The van der Waals surface area contributed by atoms with E-state index in [1.807, 2.05) is 46.8 Å². The van der Waals surface area contributed by atoms with Gasteiger partial charge in [-0.05, 0) is 52.3 Å². The molecular formula is C17H20N4O2. The van der Waals surface area contributed by atoms with Gasteiger partial charge in [0.15, 0.2) is 0 Å². The standard InChI is InChI=1S/C17H20N4O2/c1-9-6-12-8-18-20-15(12)13(7-9)16(22)19-17(4,5)14-10(2)21-23-11(14)3/h6-8H,1-5H3,(H,18,20)(H,19,22). The Kier molecular flexibility index (Phi) is 3.47. The third-order valence-corrected chi connectivity index (χ3v) is 4.02. The molecule has 6 nitrogen and oxygen atoms in total. The number of aromatic amines is 1. The van der Waals surface area contributed by atoms with Gasteiger partial charge < -0.3 is 9.84 Å². The van der Waals surface area contributed by atoms with Gasteiger partial charge in [-0.15, -0.1) is 0 Å². The summed E-state index contributed by atoms with van der Waals surface area (Å²) >= 11 is 0. The van der Waals surface area contributed by atoms with Crippen LogP contribution in [0.25, 0.3) is 10.9 Å². The summed E-state index contributed by atoms with van der Waals surface area (Å²) in [6, 6.07) is 3.86. The van der Waals surface area contributed by atoms with Gasteiger partial charge >= 0.3 is 0 Å². The van der Waals surface area contributed by atoms with Gasteiger partial charge in [0.25, 0.3) is 5.91 Å². The van der Waals surface area contributed by atoms with Crippen LogP contribution >= 0.6 is 0 Å². The number of H-pyrrole nitrogens is 1. The number of carbonyl (C=O) groups excluding carboxylic acids is 1. The van der Waals surface area contributed by atoms with Crippen molar-refractivity contribution in [2.24, 2.45) is 0 Å². The average Bonchev–Trinajstić information content (AvgIpc) is 3.03. The molecule has 1 amide bonds. The van der Waals surface area contributed by atoms with Crippen LogP contribution in [0.1, 0.15) is 46.8 Å². The summed E-state index contributed by atoms with van der Waals surface area (Å²) in [5.41, 5.74) is 3.42. The second-order valence-corrected chi connectivity index (χ2v) is 6.43. The zero-order chi connectivity index (χ0) is 16.8. The van der Waals surface area contributed by atoms with Crippen LogP contribution in [0.5, 0.6) is 0 Å². The van der Waals surface area contributed by atoms with E-state index in [0.29, 0.717) is 11.3 Å². The van der Waals surface area contributed by atoms with E-state index in [2.05, 4.69) is 20.7 Å². The summed E-state index contributed by atoms with van der Waals surface area (Å²) in [6.07, 6.45) is 1.72. The van der Waals surface area contributed by atoms with Crippen LogP contribution in [0.15, 0.2) is 22.9 Å². The topological polar surface area (TPSA) is 83.8 Å². The van der Waals surface area contributed by atoms with Gasteiger partial charge in [-0.2, -0.15) is 5.10 Å². The first kappa shape index (κ1) is 15.3. The Morgan fingerprint density at radius 2 is 2.00 bits per heavy atom. The number of aromatic nitrogens is 3. The minimum atomic E-state index is -0.596. The molecule has 0 aliphatic carbocycles. The number of hydrogen-bond donors (Lipinski definition) is 2. The van der Waals surface area contributed by atoms with E-state index in [1.54, 1.807) is 6.20 Å². The van der Waals surface area contributed by atoms with E-state index in [1.165, 1.54) is 0 Å². The number of carbonyl (C=O) groups is 1. The fourth-order valence-corrected chi connectivity index (χ4v) is 3.18. The summed E-state index contributed by atoms with van der Waals surface area (Å²) in [7, 11) is 0. The Morgan fingerprint density at radius 1 is 1.26 bits per heavy atom. The fourth-order valence-electron chi connectivity index (χ4n) is 3.18. The van der Waals surface area contributed by atoms with Crippen molar-refractivity contribution in [3.63, 3.8) is 0 Å². The highest BCUT2D eigenvalue weighted by Gasteiger charge is 2.30. The highest BCUT2D eigenvalue weighted by Crippen LogP contribution is 2.28. The van der Waals surface area contributed by atoms with Crippen molar-refractivity contribution in [3.05, 3.63) is 46.5 Å². The lowest BCUT2D eigenvalue weighted by atomic mass is 9.92. The first-order valence-electron chi connectivity index (χ1n) is 7.49. The van der Waals surface area contributed by atoms with Gasteiger partial charge in [0.05, 0.1) is 28.5 Å². The molecular weight excluding hydrogens is 292 g/mol. The number of hydrogen-bond acceptors (Lipinski definition) is 4. The lowest BCUT2D eigenvalue weighted by molar-refractivity contribution is 0.0913. The van der Waals surface area contributed by atoms with E-state index in [0.717, 1.165) is 27.7 Å². The molecule has 0 aliphatic heterocycles. The molecule has 0 unspecified atom stereocenters. The molecule has 2 heterocycles. The highest BCUT2D eigenvalue weighted by molar-refractivity contribution is 6.06. The van der Waals surface area contributed by atoms with Crippen molar-refractivity contribution in [1.29, 1.82) is 0 Å². The third-order valence-electron chi connectivity index (χ3n) is 4.02. The molecule has 0 spiro atoms. The van der Waals surface area contributed by atoms with Gasteiger partial charge in [0.1, 0.15) is 5.76 Å². The van der Waals surface area contributed by atoms with E-state index in [-0.39, 0.29) is 5.91 Å². The van der Waals surface area contributed by atoms with E-state index in [4.69, 9.17) is 4.52 Å². The molecule has 3 aromatic rings. The summed E-state index contributed by atoms with van der Waals surface area (Å²) in [6.45, 7) is 9.57. The average molecular weight is 312 g/mol. The summed E-state index contributed by atoms with van der Waals surface area (Å²) in [5, 5.41) is 14.9. The molecule has 0 fully saturated rings. The summed E-state index contributed by atoms with van der Waals surface area (Å²) in [4.78, 5) is 12.8. The van der Waals surface area contributed by atoms with Crippen LogP contribution in [0.3, 0.4) is 0 Å². The van der Waals surface area contributed by atoms with E-state index in [9.17, 15) is 4.79 Å². The lowest BCUT2D eigenvalue weighted by Gasteiger charge is -2.26. The molecule has 0 saturated heterocycles. The van der Waals surface area contributed by atoms with Gasteiger partial charge in [0, 0.05) is 10.9 Å². The molecule has 0 radical (unpaired) electrons. The van der Waals surface area contributed by atoms with Crippen LogP contribution in [0, 0.1) is 20.8 Å². The van der Waals surface area contributed by atoms with E-state index >= 15 is 0 Å². The predicted octanol–water partition coefficient (Wildman–Crippen LogP) is 3.14. The fraction of sp³-hybridized carbons (Fsp3) is 0.353. The number of nitrogens with one attached hydrogen (secondary N) is 2. The number of benzene rings is 1. The SMILES string of the molecule is Cc1cc(C(=O)NC(C)(C)c2c(C)noc2C)c2[nH]ncc2c1. The van der Waals surface area contributed by atoms with Crippen molar-refractivity contribution in [1.82, 2.24) is 20.7 Å². The zero-order valence-electron chi connectivity index (χ0n) is 13.9. The molecule has 0 bridgehead atoms. The van der Waals surface area contributed by atoms with Crippen molar-refractivity contribution >= 4 is 16.8 Å². The Morgan fingerprint density at radius 3 is 2.65 bits per heavy atom. The first-order valence-corrected chi connectivity index (χ1v) is 7.49. The van der Waals surface area contributed by atoms with Crippen LogP contribution in [-0.4, -0.2) is 21.3 Å². The zero-order valence-corrected chi connectivity index (χ0v) is 13.9. The molecule has 120 valence electrons. The van der Waals surface area contributed by atoms with Crippen LogP contribution in [-0.2, 0) is 5.54 Å². The maximum absolute atomic E-state index is 12.8. The van der Waals surface area contributed by atoms with Gasteiger partial charge in [0.2, 0.25) is 0 Å². The second-order valence-electron chi connectivity index (χ2n) is 6.43. The second kappa shape index (κ2) is 5.22. The number of nitrogens with zero attached hydrogens (tertiary/aromatic N) is 2. The Labute approximate surface area is 134 Å². The summed E-state index contributed by atoms with van der Waals surface area (Å²) < 4.78 is 5.23. The number of aryl methyl sites for hydroxylation is 3. The van der Waals surface area contributed by atoms with Crippen molar-refractivity contribution in [2.45, 2.75) is 40.2 Å².